The third-order valence-corrected chi connectivity index (χ3v) is 5.30. The molecule has 0 N–H and O–H groups in total. The highest BCUT2D eigenvalue weighted by Gasteiger charge is 2.42. The Balaban J connectivity index is 1.63. The Morgan fingerprint density at radius 3 is 2.80 bits per heavy atom. The van der Waals surface area contributed by atoms with Gasteiger partial charge in [-0.2, -0.15) is 5.10 Å². The van der Waals surface area contributed by atoms with Gasteiger partial charge < -0.3 is 9.47 Å². The summed E-state index contributed by atoms with van der Waals surface area (Å²) in [5, 5.41) is 6.61. The summed E-state index contributed by atoms with van der Waals surface area (Å²) in [7, 11) is 0. The van der Waals surface area contributed by atoms with Crippen LogP contribution < -0.4 is 9.47 Å². The minimum absolute atomic E-state index is 0.123. The van der Waals surface area contributed by atoms with Crippen molar-refractivity contribution < 1.29 is 18.3 Å². The van der Waals surface area contributed by atoms with Gasteiger partial charge in [-0.25, -0.2) is 13.8 Å². The van der Waals surface area contributed by atoms with Crippen LogP contribution in [0.15, 0.2) is 66.0 Å². The van der Waals surface area contributed by atoms with Gasteiger partial charge in [-0.15, -0.1) is 0 Å². The van der Waals surface area contributed by atoms with Crippen LogP contribution in [0, 0.1) is 11.6 Å². The molecule has 3 heterocycles. The van der Waals surface area contributed by atoms with E-state index in [1.54, 1.807) is 12.4 Å². The van der Waals surface area contributed by atoms with Crippen molar-refractivity contribution >= 4 is 5.71 Å². The quantitative estimate of drug-likeness (QED) is 0.611. The van der Waals surface area contributed by atoms with Crippen molar-refractivity contribution in [2.75, 3.05) is 6.61 Å². The zero-order valence-electron chi connectivity index (χ0n) is 16.3. The van der Waals surface area contributed by atoms with Crippen molar-refractivity contribution in [2.45, 2.75) is 25.6 Å². The Morgan fingerprint density at radius 2 is 2.03 bits per heavy atom. The number of para-hydroxylation sites is 1. The van der Waals surface area contributed by atoms with E-state index >= 15 is 0 Å². The van der Waals surface area contributed by atoms with E-state index in [0.717, 1.165) is 29.0 Å². The van der Waals surface area contributed by atoms with Crippen molar-refractivity contribution in [1.29, 1.82) is 0 Å². The highest BCUT2D eigenvalue weighted by molar-refractivity contribution is 6.01. The van der Waals surface area contributed by atoms with Gasteiger partial charge in [-0.3, -0.25) is 4.98 Å². The first-order valence-electron chi connectivity index (χ1n) is 9.79. The van der Waals surface area contributed by atoms with Gasteiger partial charge in [0.2, 0.25) is 6.23 Å². The molecule has 5 rings (SSSR count). The van der Waals surface area contributed by atoms with Gasteiger partial charge >= 0.3 is 0 Å². The molecule has 3 aromatic rings. The number of hydrazone groups is 1. The first kappa shape index (κ1) is 18.5. The van der Waals surface area contributed by atoms with Crippen LogP contribution in [0.2, 0.25) is 0 Å². The lowest BCUT2D eigenvalue weighted by Gasteiger charge is -2.38. The molecular weight excluding hydrogens is 388 g/mol. The summed E-state index contributed by atoms with van der Waals surface area (Å²) in [6.07, 6.45) is 3.40. The topological polar surface area (TPSA) is 47.0 Å². The van der Waals surface area contributed by atoms with Crippen molar-refractivity contribution in [2.24, 2.45) is 5.10 Å². The molecule has 152 valence electrons. The number of nitrogens with zero attached hydrogens (tertiary/aromatic N) is 3. The molecule has 0 saturated carbocycles. The smallest absolute Gasteiger partial charge is 0.214 e. The van der Waals surface area contributed by atoms with Gasteiger partial charge in [-0.1, -0.05) is 24.3 Å². The maximum Gasteiger partial charge on any atom is 0.214 e. The Morgan fingerprint density at radius 1 is 1.13 bits per heavy atom. The summed E-state index contributed by atoms with van der Waals surface area (Å²) in [6, 6.07) is 13.2. The maximum absolute atomic E-state index is 14.0. The number of benzene rings is 2. The van der Waals surface area contributed by atoms with Crippen molar-refractivity contribution in [1.82, 2.24) is 9.99 Å². The molecule has 2 aliphatic heterocycles. The zero-order valence-corrected chi connectivity index (χ0v) is 16.3. The molecule has 0 radical (unpaired) electrons. The number of rotatable bonds is 4. The normalized spacial score (nSPS) is 19.6. The van der Waals surface area contributed by atoms with Crippen LogP contribution in [-0.2, 0) is 0 Å². The van der Waals surface area contributed by atoms with Gasteiger partial charge in [-0.05, 0) is 31.2 Å². The minimum Gasteiger partial charge on any atom is -0.490 e. The molecule has 2 aliphatic rings. The highest BCUT2D eigenvalue weighted by atomic mass is 19.2. The Kier molecular flexibility index (Phi) is 4.58. The number of hydrogen-bond acceptors (Lipinski definition) is 5. The van der Waals surface area contributed by atoms with Crippen LogP contribution in [0.3, 0.4) is 0 Å². The number of pyridine rings is 1. The fourth-order valence-electron chi connectivity index (χ4n) is 3.95. The summed E-state index contributed by atoms with van der Waals surface area (Å²) in [6.45, 7) is 2.39. The van der Waals surface area contributed by atoms with Gasteiger partial charge in [0, 0.05) is 35.5 Å². The number of aromatic nitrogens is 1. The molecule has 1 aromatic heterocycles. The molecule has 7 heteroatoms. The van der Waals surface area contributed by atoms with E-state index in [1.165, 1.54) is 6.07 Å². The Bertz CT molecular complexity index is 1120. The molecule has 0 amide bonds. The Labute approximate surface area is 172 Å². The molecule has 0 fully saturated rings. The van der Waals surface area contributed by atoms with E-state index in [2.05, 4.69) is 4.98 Å². The molecule has 30 heavy (non-hydrogen) atoms. The zero-order chi connectivity index (χ0) is 20.7. The average molecular weight is 407 g/mol. The van der Waals surface area contributed by atoms with Gasteiger partial charge in [0.05, 0.1) is 18.4 Å². The minimum atomic E-state index is -0.924. The fraction of sp³-hybridized carbons (Fsp3) is 0.217. The maximum atomic E-state index is 14.0. The largest absolute Gasteiger partial charge is 0.490 e. The molecule has 0 spiro atoms. The summed E-state index contributed by atoms with van der Waals surface area (Å²) >= 11 is 0. The lowest BCUT2D eigenvalue weighted by molar-refractivity contribution is -0.0214. The number of fused-ring (bicyclic) bond motifs is 3. The molecule has 5 nitrogen and oxygen atoms in total. The van der Waals surface area contributed by atoms with E-state index in [-0.39, 0.29) is 6.04 Å². The second-order valence-electron chi connectivity index (χ2n) is 7.14. The second-order valence-corrected chi connectivity index (χ2v) is 7.14. The predicted octanol–water partition coefficient (Wildman–Crippen LogP) is 5.00. The number of halogens is 2. The van der Waals surface area contributed by atoms with Crippen LogP contribution in [0.5, 0.6) is 11.5 Å². The SMILES string of the molecule is CCOc1cccc2c1OC(c1ccc(F)c(F)c1)N1N=C(c3cccnc3)CC21. The third-order valence-electron chi connectivity index (χ3n) is 5.30. The highest BCUT2D eigenvalue weighted by Crippen LogP contribution is 2.50. The van der Waals surface area contributed by atoms with E-state index in [4.69, 9.17) is 14.6 Å². The standard InChI is InChI=1S/C23H19F2N3O2/c1-2-29-21-7-3-6-16-20-12-19(15-5-4-10-26-13-15)27-28(20)23(30-22(16)21)14-8-9-17(24)18(25)11-14/h3-11,13,20,23H,2,12H2,1H3. The number of hydrogen-bond donors (Lipinski definition) is 0. The van der Waals surface area contributed by atoms with Crippen LogP contribution >= 0.6 is 0 Å². The molecule has 2 unspecified atom stereocenters. The van der Waals surface area contributed by atoms with Crippen LogP contribution in [0.1, 0.15) is 42.3 Å². The van der Waals surface area contributed by atoms with Gasteiger partial charge in [0.1, 0.15) is 0 Å². The van der Waals surface area contributed by atoms with Gasteiger partial charge in [0.15, 0.2) is 23.1 Å². The van der Waals surface area contributed by atoms with Crippen molar-refractivity contribution in [3.8, 4) is 11.5 Å². The fourth-order valence-corrected chi connectivity index (χ4v) is 3.95. The number of ether oxygens (including phenoxy) is 2. The average Bonchev–Trinajstić information content (AvgIpc) is 3.22. The first-order chi connectivity index (χ1) is 14.7. The van der Waals surface area contributed by atoms with Crippen molar-refractivity contribution in [3.63, 3.8) is 0 Å². The first-order valence-corrected chi connectivity index (χ1v) is 9.79. The predicted molar refractivity (Wildman–Crippen MR) is 107 cm³/mol. The van der Waals surface area contributed by atoms with E-state index in [0.29, 0.717) is 30.1 Å². The monoisotopic (exact) mass is 407 g/mol. The molecule has 0 aliphatic carbocycles. The summed E-state index contributed by atoms with van der Waals surface area (Å²) < 4.78 is 39.6. The van der Waals surface area contributed by atoms with Crippen LogP contribution in [0.25, 0.3) is 0 Å². The Hall–Kier alpha value is -3.48. The van der Waals surface area contributed by atoms with E-state index < -0.39 is 17.9 Å². The molecule has 2 atom stereocenters. The summed E-state index contributed by atoms with van der Waals surface area (Å²) in [5.74, 6) is -0.593. The van der Waals surface area contributed by atoms with Crippen LogP contribution in [0.4, 0.5) is 8.78 Å². The van der Waals surface area contributed by atoms with E-state index in [9.17, 15) is 8.78 Å². The lowest BCUT2D eigenvalue weighted by atomic mass is 9.96. The van der Waals surface area contributed by atoms with Gasteiger partial charge in [0.25, 0.3) is 0 Å². The molecule has 0 saturated heterocycles. The second kappa shape index (κ2) is 7.40. The molecule has 0 bridgehead atoms. The van der Waals surface area contributed by atoms with Crippen molar-refractivity contribution in [3.05, 3.63) is 89.2 Å². The summed E-state index contributed by atoms with van der Waals surface area (Å²) in [5.41, 5.74) is 3.20. The molecule has 2 aromatic carbocycles. The lowest BCUT2D eigenvalue weighted by Crippen LogP contribution is -2.34. The van der Waals surface area contributed by atoms with Crippen LogP contribution in [-0.4, -0.2) is 22.3 Å². The summed E-state index contributed by atoms with van der Waals surface area (Å²) in [4.78, 5) is 4.19. The van der Waals surface area contributed by atoms with E-state index in [1.807, 2.05) is 42.3 Å². The molecular formula is C23H19F2N3O2. The third kappa shape index (κ3) is 3.07.